The van der Waals surface area contributed by atoms with Crippen molar-refractivity contribution in [1.29, 1.82) is 0 Å². The largest absolute Gasteiger partial charge is 0.461 e. The summed E-state index contributed by atoms with van der Waals surface area (Å²) in [5, 5.41) is 0. The van der Waals surface area contributed by atoms with Crippen molar-refractivity contribution in [2.45, 2.75) is 209 Å². The normalized spacial score (nSPS) is 39.4. The van der Waals surface area contributed by atoms with Crippen LogP contribution in [0.1, 0.15) is 184 Å². The average molecular weight is 674 g/mol. The number of carbonyl (C=O) groups excluding carboxylic acids is 2. The SMILES string of the molecule is CC[C@@H](C)C1CC[C@H](C)CC(C)[C@H](C)CC[C@H](C)C[C@H](C)CCCCCC(C)CC[C@@H]2CC[C@@H](C)C(CC(=O)N3CCC[C@H]3C(=O)O1)O2. The molecule has 1 amide bonds. The molecule has 0 N–H and O–H groups in total. The van der Waals surface area contributed by atoms with Crippen LogP contribution < -0.4 is 0 Å². The van der Waals surface area contributed by atoms with Gasteiger partial charge in [0, 0.05) is 6.54 Å². The van der Waals surface area contributed by atoms with Gasteiger partial charge in [-0.15, -0.1) is 0 Å². The Morgan fingerprint density at radius 1 is 0.646 bits per heavy atom. The summed E-state index contributed by atoms with van der Waals surface area (Å²) in [4.78, 5) is 29.2. The summed E-state index contributed by atoms with van der Waals surface area (Å²) in [5.74, 6) is 4.99. The third-order valence-electron chi connectivity index (χ3n) is 13.2. The molecule has 0 saturated carbocycles. The first-order valence-corrected chi connectivity index (χ1v) is 21.0. The van der Waals surface area contributed by atoms with E-state index in [1.807, 2.05) is 4.90 Å². The van der Waals surface area contributed by atoms with Crippen molar-refractivity contribution in [1.82, 2.24) is 4.90 Å². The van der Waals surface area contributed by atoms with E-state index >= 15 is 0 Å². The van der Waals surface area contributed by atoms with Crippen LogP contribution >= 0.6 is 0 Å². The Kier molecular flexibility index (Phi) is 18.3. The van der Waals surface area contributed by atoms with Crippen LogP contribution in [0.5, 0.6) is 0 Å². The van der Waals surface area contributed by atoms with Crippen molar-refractivity contribution < 1.29 is 19.1 Å². The Labute approximate surface area is 297 Å². The van der Waals surface area contributed by atoms with Gasteiger partial charge in [0.1, 0.15) is 12.1 Å². The summed E-state index contributed by atoms with van der Waals surface area (Å²) in [5.41, 5.74) is 0. The number of esters is 1. The molecular weight excluding hydrogens is 594 g/mol. The molecule has 0 aromatic heterocycles. The Morgan fingerprint density at radius 3 is 1.98 bits per heavy atom. The van der Waals surface area contributed by atoms with E-state index in [9.17, 15) is 9.59 Å². The fourth-order valence-electron chi connectivity index (χ4n) is 9.06. The van der Waals surface area contributed by atoms with Gasteiger partial charge in [-0.25, -0.2) is 4.79 Å². The van der Waals surface area contributed by atoms with E-state index < -0.39 is 6.04 Å². The quantitative estimate of drug-likeness (QED) is 0.274. The van der Waals surface area contributed by atoms with E-state index in [0.717, 1.165) is 68.6 Å². The average Bonchev–Trinajstić information content (AvgIpc) is 3.55. The predicted octanol–water partition coefficient (Wildman–Crippen LogP) is 11.4. The molecule has 0 aromatic rings. The number of amides is 1. The van der Waals surface area contributed by atoms with Crippen molar-refractivity contribution in [3.8, 4) is 0 Å². The summed E-state index contributed by atoms with van der Waals surface area (Å²) in [6.07, 6.45) is 21.6. The van der Waals surface area contributed by atoms with Gasteiger partial charge < -0.3 is 14.4 Å². The molecule has 280 valence electrons. The molecule has 4 unspecified atom stereocenters. The van der Waals surface area contributed by atoms with Crippen LogP contribution in [0.15, 0.2) is 0 Å². The molecule has 3 heterocycles. The minimum atomic E-state index is -0.445. The Morgan fingerprint density at radius 2 is 1.25 bits per heavy atom. The zero-order valence-corrected chi connectivity index (χ0v) is 33.2. The number of ether oxygens (including phenoxy) is 2. The van der Waals surface area contributed by atoms with Crippen molar-refractivity contribution in [3.63, 3.8) is 0 Å². The number of hydrogen-bond acceptors (Lipinski definition) is 4. The molecule has 48 heavy (non-hydrogen) atoms. The van der Waals surface area contributed by atoms with Gasteiger partial charge in [-0.3, -0.25) is 4.79 Å². The Balaban J connectivity index is 1.67. The van der Waals surface area contributed by atoms with E-state index in [-0.39, 0.29) is 30.2 Å². The highest BCUT2D eigenvalue weighted by Gasteiger charge is 2.39. The molecule has 5 heteroatoms. The molecule has 12 atom stereocenters. The third kappa shape index (κ3) is 13.9. The predicted molar refractivity (Wildman–Crippen MR) is 201 cm³/mol. The van der Waals surface area contributed by atoms with Crippen LogP contribution in [0.2, 0.25) is 0 Å². The summed E-state index contributed by atoms with van der Waals surface area (Å²) >= 11 is 0. The lowest BCUT2D eigenvalue weighted by atomic mass is 9.80. The van der Waals surface area contributed by atoms with Gasteiger partial charge in [0.2, 0.25) is 5.91 Å². The van der Waals surface area contributed by atoms with Crippen molar-refractivity contribution in [3.05, 3.63) is 0 Å². The topological polar surface area (TPSA) is 55.8 Å². The van der Waals surface area contributed by atoms with E-state index in [1.54, 1.807) is 0 Å². The van der Waals surface area contributed by atoms with Gasteiger partial charge in [-0.1, -0.05) is 114 Å². The number of cyclic esters (lactones) is 1. The molecule has 3 rings (SSSR count). The maximum absolute atomic E-state index is 13.7. The third-order valence-corrected chi connectivity index (χ3v) is 13.2. The molecule has 2 bridgehead atoms. The van der Waals surface area contributed by atoms with Crippen LogP contribution in [0, 0.1) is 47.3 Å². The first kappa shape index (κ1) is 41.3. The molecule has 3 aliphatic rings. The van der Waals surface area contributed by atoms with Crippen molar-refractivity contribution in [2.75, 3.05) is 6.54 Å². The molecule has 3 aliphatic heterocycles. The Bertz CT molecular complexity index is 922. The van der Waals surface area contributed by atoms with Crippen LogP contribution in [0.3, 0.4) is 0 Å². The molecule has 0 aromatic carbocycles. The number of carbonyl (C=O) groups is 2. The lowest BCUT2D eigenvalue weighted by Crippen LogP contribution is -2.45. The van der Waals surface area contributed by atoms with E-state index in [1.165, 1.54) is 64.2 Å². The van der Waals surface area contributed by atoms with Crippen LogP contribution in [-0.2, 0) is 19.1 Å². The van der Waals surface area contributed by atoms with E-state index in [4.69, 9.17) is 9.47 Å². The second kappa shape index (κ2) is 21.3. The molecule has 0 spiro atoms. The van der Waals surface area contributed by atoms with Gasteiger partial charge in [0.25, 0.3) is 0 Å². The fraction of sp³-hybridized carbons (Fsp3) is 0.953. The fourth-order valence-corrected chi connectivity index (χ4v) is 9.06. The summed E-state index contributed by atoms with van der Waals surface area (Å²) < 4.78 is 12.9. The maximum Gasteiger partial charge on any atom is 0.329 e. The van der Waals surface area contributed by atoms with E-state index in [2.05, 4.69) is 62.3 Å². The lowest BCUT2D eigenvalue weighted by molar-refractivity contribution is -0.162. The van der Waals surface area contributed by atoms with Crippen molar-refractivity contribution in [2.24, 2.45) is 47.3 Å². The smallest absolute Gasteiger partial charge is 0.329 e. The van der Waals surface area contributed by atoms with Gasteiger partial charge in [-0.05, 0) is 112 Å². The number of nitrogens with zero attached hydrogens (tertiary/aromatic N) is 1. The van der Waals surface area contributed by atoms with Gasteiger partial charge in [0.05, 0.1) is 18.6 Å². The number of rotatable bonds is 2. The molecule has 0 radical (unpaired) electrons. The van der Waals surface area contributed by atoms with Crippen LogP contribution in [-0.4, -0.2) is 47.7 Å². The van der Waals surface area contributed by atoms with Crippen LogP contribution in [0.4, 0.5) is 0 Å². The Hall–Kier alpha value is -1.10. The zero-order chi connectivity index (χ0) is 35.2. The van der Waals surface area contributed by atoms with Crippen LogP contribution in [0.25, 0.3) is 0 Å². The first-order chi connectivity index (χ1) is 22.9. The zero-order valence-electron chi connectivity index (χ0n) is 33.2. The first-order valence-electron chi connectivity index (χ1n) is 21.0. The lowest BCUT2D eigenvalue weighted by Gasteiger charge is -2.36. The number of hydrogen-bond donors (Lipinski definition) is 0. The molecule has 5 nitrogen and oxygen atoms in total. The second-order valence-electron chi connectivity index (χ2n) is 17.9. The summed E-state index contributed by atoms with van der Waals surface area (Å²) in [6, 6.07) is -0.445. The molecule has 0 aliphatic carbocycles. The maximum atomic E-state index is 13.7. The standard InChI is InChI=1S/C43H79NO4/c1-10-34(6)40-25-20-33(5)28-37(9)35(7)21-18-32(4)27-31(3)16-13-11-12-15-30(2)19-23-38-24-22-36(8)41(47-38)29-42(45)44-26-14-17-39(44)43(46)48-40/h30-41H,10-29H2,1-9H3/t30?,31-,32+,33+,34-,35-,36-,37?,38-,39+,40?,41?/m1/s1. The number of fused-ring (bicyclic) bond motifs is 3. The molecular formula is C43H79NO4. The van der Waals surface area contributed by atoms with Crippen molar-refractivity contribution >= 4 is 11.9 Å². The molecule has 3 fully saturated rings. The summed E-state index contributed by atoms with van der Waals surface area (Å²) in [7, 11) is 0. The van der Waals surface area contributed by atoms with Gasteiger partial charge in [-0.2, -0.15) is 0 Å². The van der Waals surface area contributed by atoms with Gasteiger partial charge >= 0.3 is 5.97 Å². The molecule has 3 saturated heterocycles. The van der Waals surface area contributed by atoms with E-state index in [0.29, 0.717) is 43.1 Å². The highest BCUT2D eigenvalue weighted by Crippen LogP contribution is 2.34. The van der Waals surface area contributed by atoms with Gasteiger partial charge in [0.15, 0.2) is 0 Å². The minimum absolute atomic E-state index is 0.0518. The monoisotopic (exact) mass is 674 g/mol. The minimum Gasteiger partial charge on any atom is -0.461 e. The highest BCUT2D eigenvalue weighted by atomic mass is 16.5. The second-order valence-corrected chi connectivity index (χ2v) is 17.9. The summed E-state index contributed by atoms with van der Waals surface area (Å²) in [6.45, 7) is 22.0. The highest BCUT2D eigenvalue weighted by molar-refractivity contribution is 5.85.